The number of nitrogens with one attached hydrogen (secondary N) is 3. The van der Waals surface area contributed by atoms with Gasteiger partial charge in [0.1, 0.15) is 18.2 Å². The number of carboxylic acids is 1. The van der Waals surface area contributed by atoms with E-state index in [-0.39, 0.29) is 17.9 Å². The highest BCUT2D eigenvalue weighted by molar-refractivity contribution is 6.01. The van der Waals surface area contributed by atoms with Crippen molar-refractivity contribution >= 4 is 34.2 Å². The molecule has 46 heavy (non-hydrogen) atoms. The normalized spacial score (nSPS) is 11.3. The van der Waals surface area contributed by atoms with Crippen LogP contribution >= 0.6 is 0 Å². The van der Waals surface area contributed by atoms with Crippen molar-refractivity contribution in [2.45, 2.75) is 40.0 Å². The number of benzene rings is 3. The van der Waals surface area contributed by atoms with Gasteiger partial charge in [-0.05, 0) is 60.7 Å². The van der Waals surface area contributed by atoms with Crippen molar-refractivity contribution < 1.29 is 23.8 Å². The van der Waals surface area contributed by atoms with Crippen molar-refractivity contribution in [3.8, 4) is 17.0 Å². The van der Waals surface area contributed by atoms with E-state index >= 15 is 4.39 Å². The highest BCUT2D eigenvalue weighted by Crippen LogP contribution is 2.34. The van der Waals surface area contributed by atoms with Crippen LogP contribution in [-0.4, -0.2) is 51.6 Å². The zero-order valence-corrected chi connectivity index (χ0v) is 26.4. The van der Waals surface area contributed by atoms with E-state index in [2.05, 4.69) is 25.6 Å². The molecule has 1 amide bonds. The first-order valence-corrected chi connectivity index (χ1v) is 15.3. The van der Waals surface area contributed by atoms with E-state index < -0.39 is 30.2 Å². The Morgan fingerprint density at radius 1 is 1.07 bits per heavy atom. The molecule has 11 heteroatoms. The number of carbonyl (C=O) groups excluding carboxylic acids is 1. The van der Waals surface area contributed by atoms with Gasteiger partial charge in [-0.2, -0.15) is 0 Å². The summed E-state index contributed by atoms with van der Waals surface area (Å²) in [6, 6.07) is 17.9. The molecular formula is C35H39FN6O4. The minimum atomic E-state index is -1.15. The van der Waals surface area contributed by atoms with Crippen LogP contribution in [0.15, 0.2) is 73.1 Å². The van der Waals surface area contributed by atoms with Gasteiger partial charge in [-0.25, -0.2) is 14.4 Å². The highest BCUT2D eigenvalue weighted by Gasteiger charge is 2.25. The van der Waals surface area contributed by atoms with Crippen LogP contribution in [0.25, 0.3) is 22.0 Å². The maximum absolute atomic E-state index is 16.0. The predicted molar refractivity (Wildman–Crippen MR) is 179 cm³/mol. The van der Waals surface area contributed by atoms with Gasteiger partial charge < -0.3 is 31.2 Å². The summed E-state index contributed by atoms with van der Waals surface area (Å²) in [4.78, 5) is 35.9. The molecule has 0 radical (unpaired) electrons. The van der Waals surface area contributed by atoms with Gasteiger partial charge in [-0.3, -0.25) is 9.59 Å². The quantitative estimate of drug-likeness (QED) is 0.107. The molecule has 5 aromatic rings. The molecule has 0 aliphatic carbocycles. The number of hydrogen-bond donors (Lipinski definition) is 5. The van der Waals surface area contributed by atoms with E-state index in [1.165, 1.54) is 0 Å². The number of imidazole rings is 1. The molecule has 0 bridgehead atoms. The first kappa shape index (κ1) is 33.4. The fourth-order valence-corrected chi connectivity index (χ4v) is 5.10. The molecule has 0 aliphatic rings. The zero-order valence-electron chi connectivity index (χ0n) is 26.4. The van der Waals surface area contributed by atoms with Gasteiger partial charge in [-0.1, -0.05) is 45.0 Å². The van der Waals surface area contributed by atoms with E-state index in [9.17, 15) is 9.59 Å². The SMILES string of the molecule is CC.CCOc1cc(CC)cc(C(CNc2ccc3c(N)nccc3c2)c2ncc(-c3ccccc3C(=O)NCC(=O)O)[nH]2)c1F. The van der Waals surface area contributed by atoms with Crippen molar-refractivity contribution in [1.29, 1.82) is 0 Å². The number of aromatic nitrogens is 3. The fourth-order valence-electron chi connectivity index (χ4n) is 5.10. The smallest absolute Gasteiger partial charge is 0.322 e. The van der Waals surface area contributed by atoms with E-state index in [0.717, 1.165) is 22.0 Å². The summed E-state index contributed by atoms with van der Waals surface area (Å²) in [6.07, 6.45) is 3.91. The fraction of sp³-hybridized carbons (Fsp3) is 0.257. The topological polar surface area (TPSA) is 155 Å². The number of halogens is 1. The number of pyridine rings is 1. The molecule has 2 heterocycles. The lowest BCUT2D eigenvalue weighted by molar-refractivity contribution is -0.135. The van der Waals surface area contributed by atoms with Crippen molar-refractivity contribution in [3.63, 3.8) is 0 Å². The Morgan fingerprint density at radius 3 is 2.59 bits per heavy atom. The number of carboxylic acid groups (broad SMARTS) is 1. The van der Waals surface area contributed by atoms with Crippen LogP contribution in [0.3, 0.4) is 0 Å². The standard InChI is InChI=1S/C33H33FN6O4.C2H6/c1-3-19-13-25(30(34)28(14-19)44-4-2)26(16-37-21-9-10-22-20(15-21)11-12-36-31(22)35)32-38-17-27(40-32)23-7-5-6-8-24(23)33(43)39-18-29(41)42;1-2/h5-15,17,26,37H,3-4,16,18H2,1-2H3,(H2,35,36)(H,38,40)(H,39,43)(H,41,42);1-2H3. The predicted octanol–water partition coefficient (Wildman–Crippen LogP) is 6.39. The number of hydrogen-bond acceptors (Lipinski definition) is 7. The van der Waals surface area contributed by atoms with Crippen LogP contribution in [0.5, 0.6) is 5.75 Å². The molecule has 0 aliphatic heterocycles. The number of ether oxygens (including phenoxy) is 1. The molecule has 5 rings (SSSR count). The number of carbonyl (C=O) groups is 2. The molecule has 3 aromatic carbocycles. The second-order valence-electron chi connectivity index (χ2n) is 10.2. The van der Waals surface area contributed by atoms with Gasteiger partial charge in [0.2, 0.25) is 0 Å². The van der Waals surface area contributed by atoms with Gasteiger partial charge >= 0.3 is 5.97 Å². The van der Waals surface area contributed by atoms with Crippen LogP contribution in [0.2, 0.25) is 0 Å². The Kier molecular flexibility index (Phi) is 11.3. The molecule has 0 saturated carbocycles. The molecule has 1 unspecified atom stereocenters. The van der Waals surface area contributed by atoms with Crippen LogP contribution in [0.4, 0.5) is 15.9 Å². The third-order valence-corrected chi connectivity index (χ3v) is 7.30. The maximum atomic E-state index is 16.0. The number of aliphatic carboxylic acids is 1. The lowest BCUT2D eigenvalue weighted by Crippen LogP contribution is -2.29. The first-order chi connectivity index (χ1) is 22.3. The molecular weight excluding hydrogens is 587 g/mol. The Bertz CT molecular complexity index is 1820. The molecule has 2 aromatic heterocycles. The summed E-state index contributed by atoms with van der Waals surface area (Å²) < 4.78 is 21.7. The van der Waals surface area contributed by atoms with Crippen LogP contribution in [0, 0.1) is 5.82 Å². The second kappa shape index (κ2) is 15.5. The number of fused-ring (bicyclic) bond motifs is 1. The van der Waals surface area contributed by atoms with Crippen LogP contribution < -0.4 is 21.1 Å². The molecule has 240 valence electrons. The number of H-pyrrole nitrogens is 1. The Hall–Kier alpha value is -5.45. The molecule has 0 spiro atoms. The van der Waals surface area contributed by atoms with E-state index in [4.69, 9.17) is 15.6 Å². The molecule has 6 N–H and O–H groups in total. The highest BCUT2D eigenvalue weighted by atomic mass is 19.1. The molecule has 0 fully saturated rings. The van der Waals surface area contributed by atoms with E-state index in [1.807, 2.05) is 58.0 Å². The Balaban J connectivity index is 0.00000235. The van der Waals surface area contributed by atoms with Gasteiger partial charge in [0.15, 0.2) is 11.6 Å². The number of amides is 1. The number of nitrogens with two attached hydrogens (primary N) is 1. The number of nitrogen functional groups attached to an aromatic ring is 1. The largest absolute Gasteiger partial charge is 0.491 e. The van der Waals surface area contributed by atoms with Crippen molar-refractivity contribution in [2.24, 2.45) is 0 Å². The first-order valence-electron chi connectivity index (χ1n) is 15.3. The van der Waals surface area contributed by atoms with Crippen LogP contribution in [0.1, 0.15) is 60.9 Å². The third kappa shape index (κ3) is 7.60. The monoisotopic (exact) mass is 626 g/mol. The van der Waals surface area contributed by atoms with Crippen molar-refractivity contribution in [1.82, 2.24) is 20.3 Å². The lowest BCUT2D eigenvalue weighted by Gasteiger charge is -2.20. The summed E-state index contributed by atoms with van der Waals surface area (Å²) in [7, 11) is 0. The average Bonchev–Trinajstić information content (AvgIpc) is 3.56. The molecule has 0 saturated heterocycles. The maximum Gasteiger partial charge on any atom is 0.322 e. The van der Waals surface area contributed by atoms with Gasteiger partial charge in [0.05, 0.1) is 24.4 Å². The summed E-state index contributed by atoms with van der Waals surface area (Å²) in [5.74, 6) is -1.66. The van der Waals surface area contributed by atoms with E-state index in [1.54, 1.807) is 42.7 Å². The number of rotatable bonds is 12. The number of nitrogens with zero attached hydrogens (tertiary/aromatic N) is 2. The molecule has 1 atom stereocenters. The summed E-state index contributed by atoms with van der Waals surface area (Å²) in [5, 5.41) is 16.6. The van der Waals surface area contributed by atoms with Crippen molar-refractivity contribution in [3.05, 3.63) is 101 Å². The van der Waals surface area contributed by atoms with Gasteiger partial charge in [0.25, 0.3) is 5.91 Å². The minimum Gasteiger partial charge on any atom is -0.491 e. The number of anilines is 2. The summed E-state index contributed by atoms with van der Waals surface area (Å²) >= 11 is 0. The van der Waals surface area contributed by atoms with Crippen LogP contribution in [-0.2, 0) is 11.2 Å². The Labute approximate surface area is 267 Å². The number of aromatic amines is 1. The second-order valence-corrected chi connectivity index (χ2v) is 10.2. The third-order valence-electron chi connectivity index (χ3n) is 7.30. The average molecular weight is 627 g/mol. The molecule has 10 nitrogen and oxygen atoms in total. The lowest BCUT2D eigenvalue weighted by atomic mass is 9.94. The van der Waals surface area contributed by atoms with E-state index in [0.29, 0.717) is 41.5 Å². The minimum absolute atomic E-state index is 0.174. The number of aryl methyl sites for hydroxylation is 1. The Morgan fingerprint density at radius 2 is 1.85 bits per heavy atom. The summed E-state index contributed by atoms with van der Waals surface area (Å²) in [5.41, 5.74) is 9.48. The van der Waals surface area contributed by atoms with Gasteiger partial charge in [0, 0.05) is 40.5 Å². The summed E-state index contributed by atoms with van der Waals surface area (Å²) in [6.45, 7) is 7.87. The van der Waals surface area contributed by atoms with Crippen molar-refractivity contribution in [2.75, 3.05) is 30.7 Å². The zero-order chi connectivity index (χ0) is 33.2. The van der Waals surface area contributed by atoms with Gasteiger partial charge in [-0.15, -0.1) is 0 Å².